The van der Waals surface area contributed by atoms with Crippen LogP contribution in [0.25, 0.3) is 0 Å². The molecule has 0 bridgehead atoms. The number of thioether (sulfide) groups is 1. The lowest BCUT2D eigenvalue weighted by Crippen LogP contribution is -2.06. The molecule has 0 atom stereocenters. The lowest BCUT2D eigenvalue weighted by molar-refractivity contribution is -0.115. The van der Waals surface area contributed by atoms with E-state index >= 15 is 0 Å². The standard InChI is InChI=1S/C12H12O2S2/c13-11(9-3-5-15-7-9)1-2-12(14)10-4-6-16-8-10/h3-5,7H,1-2,6,8H2. The van der Waals surface area contributed by atoms with Crippen LogP contribution >= 0.6 is 23.1 Å². The van der Waals surface area contributed by atoms with Crippen molar-refractivity contribution in [1.82, 2.24) is 0 Å². The number of carbonyl (C=O) groups is 2. The van der Waals surface area contributed by atoms with Crippen molar-refractivity contribution in [2.24, 2.45) is 0 Å². The molecule has 2 rings (SSSR count). The molecule has 0 fully saturated rings. The largest absolute Gasteiger partial charge is 0.295 e. The summed E-state index contributed by atoms with van der Waals surface area (Å²) in [5.41, 5.74) is 1.62. The van der Waals surface area contributed by atoms with Crippen LogP contribution in [0.2, 0.25) is 0 Å². The fourth-order valence-corrected chi connectivity index (χ4v) is 3.13. The molecule has 0 saturated heterocycles. The van der Waals surface area contributed by atoms with Crippen LogP contribution in [0, 0.1) is 0 Å². The summed E-state index contributed by atoms with van der Waals surface area (Å²) < 4.78 is 0. The zero-order valence-electron chi connectivity index (χ0n) is 8.77. The smallest absolute Gasteiger partial charge is 0.164 e. The van der Waals surface area contributed by atoms with Crippen molar-refractivity contribution >= 4 is 34.7 Å². The molecule has 2 heterocycles. The predicted molar refractivity (Wildman–Crippen MR) is 68.3 cm³/mol. The van der Waals surface area contributed by atoms with Gasteiger partial charge in [0.25, 0.3) is 0 Å². The molecule has 1 aromatic rings. The maximum atomic E-state index is 11.7. The monoisotopic (exact) mass is 252 g/mol. The van der Waals surface area contributed by atoms with Crippen LogP contribution in [0.3, 0.4) is 0 Å². The van der Waals surface area contributed by atoms with Gasteiger partial charge >= 0.3 is 0 Å². The summed E-state index contributed by atoms with van der Waals surface area (Å²) >= 11 is 3.25. The minimum Gasteiger partial charge on any atom is -0.295 e. The van der Waals surface area contributed by atoms with Gasteiger partial charge in [-0.2, -0.15) is 23.1 Å². The molecule has 0 aromatic carbocycles. The molecule has 0 N–H and O–H groups in total. The van der Waals surface area contributed by atoms with E-state index in [1.807, 2.05) is 22.9 Å². The van der Waals surface area contributed by atoms with Crippen LogP contribution in [0.5, 0.6) is 0 Å². The van der Waals surface area contributed by atoms with Gasteiger partial charge in [-0.25, -0.2) is 0 Å². The number of hydrogen-bond acceptors (Lipinski definition) is 4. The highest BCUT2D eigenvalue weighted by molar-refractivity contribution is 7.99. The van der Waals surface area contributed by atoms with Crippen LogP contribution in [-0.2, 0) is 4.79 Å². The molecule has 2 nitrogen and oxygen atoms in total. The van der Waals surface area contributed by atoms with Gasteiger partial charge in [-0.05, 0) is 11.4 Å². The topological polar surface area (TPSA) is 34.1 Å². The predicted octanol–water partition coefficient (Wildman–Crippen LogP) is 2.95. The number of Topliss-reactive ketones (excluding diaryl/α,β-unsaturated/α-hetero) is 2. The maximum absolute atomic E-state index is 11.7. The Labute approximate surface area is 103 Å². The summed E-state index contributed by atoms with van der Waals surface area (Å²) in [5.74, 6) is 1.94. The molecule has 0 unspecified atom stereocenters. The van der Waals surface area contributed by atoms with E-state index in [1.54, 1.807) is 11.8 Å². The first-order valence-corrected chi connectivity index (χ1v) is 7.22. The molecule has 84 valence electrons. The van der Waals surface area contributed by atoms with Crippen molar-refractivity contribution in [3.63, 3.8) is 0 Å². The zero-order valence-corrected chi connectivity index (χ0v) is 10.4. The molecule has 0 radical (unpaired) electrons. The van der Waals surface area contributed by atoms with E-state index in [0.29, 0.717) is 12.8 Å². The van der Waals surface area contributed by atoms with E-state index in [9.17, 15) is 9.59 Å². The Balaban J connectivity index is 1.83. The SMILES string of the molecule is O=C(CCC(=O)c1ccsc1)C1=CCSC1. The first kappa shape index (κ1) is 11.6. The third kappa shape index (κ3) is 2.83. The van der Waals surface area contributed by atoms with Crippen LogP contribution < -0.4 is 0 Å². The highest BCUT2D eigenvalue weighted by Gasteiger charge is 2.15. The molecule has 4 heteroatoms. The van der Waals surface area contributed by atoms with E-state index in [2.05, 4.69) is 0 Å². The Hall–Kier alpha value is -0.870. The van der Waals surface area contributed by atoms with Gasteiger partial charge in [0.2, 0.25) is 0 Å². The summed E-state index contributed by atoms with van der Waals surface area (Å²) in [6.07, 6.45) is 2.65. The number of carbonyl (C=O) groups excluding carboxylic acids is 2. The maximum Gasteiger partial charge on any atom is 0.164 e. The van der Waals surface area contributed by atoms with Gasteiger partial charge < -0.3 is 0 Å². The average molecular weight is 252 g/mol. The van der Waals surface area contributed by atoms with Crippen molar-refractivity contribution in [3.05, 3.63) is 34.0 Å². The van der Waals surface area contributed by atoms with E-state index in [1.165, 1.54) is 11.3 Å². The third-order valence-electron chi connectivity index (χ3n) is 2.49. The molecule has 16 heavy (non-hydrogen) atoms. The van der Waals surface area contributed by atoms with Crippen molar-refractivity contribution < 1.29 is 9.59 Å². The van der Waals surface area contributed by atoms with Gasteiger partial charge in [-0.15, -0.1) is 0 Å². The average Bonchev–Trinajstić information content (AvgIpc) is 2.95. The van der Waals surface area contributed by atoms with E-state index < -0.39 is 0 Å². The molecule has 1 aliphatic rings. The van der Waals surface area contributed by atoms with Crippen LogP contribution in [0.1, 0.15) is 23.2 Å². The van der Waals surface area contributed by atoms with Crippen LogP contribution in [-0.4, -0.2) is 23.1 Å². The van der Waals surface area contributed by atoms with Crippen molar-refractivity contribution in [2.75, 3.05) is 11.5 Å². The van der Waals surface area contributed by atoms with Crippen molar-refractivity contribution in [1.29, 1.82) is 0 Å². The van der Waals surface area contributed by atoms with Crippen molar-refractivity contribution in [3.8, 4) is 0 Å². The number of hydrogen-bond donors (Lipinski definition) is 0. The molecule has 0 amide bonds. The van der Waals surface area contributed by atoms with E-state index in [0.717, 1.165) is 22.6 Å². The lowest BCUT2D eigenvalue weighted by atomic mass is 10.0. The molecule has 1 aromatic heterocycles. The summed E-state index contributed by atoms with van der Waals surface area (Å²) in [7, 11) is 0. The summed E-state index contributed by atoms with van der Waals surface area (Å²) in [4.78, 5) is 23.3. The fraction of sp³-hybridized carbons (Fsp3) is 0.333. The van der Waals surface area contributed by atoms with Gasteiger partial charge in [0.15, 0.2) is 11.6 Å². The minimum absolute atomic E-state index is 0.0702. The first-order valence-electron chi connectivity index (χ1n) is 5.13. The van der Waals surface area contributed by atoms with Gasteiger partial charge in [0, 0.05) is 40.9 Å². The Morgan fingerprint density at radius 3 is 2.69 bits per heavy atom. The molecular formula is C12H12O2S2. The zero-order chi connectivity index (χ0) is 11.4. The normalized spacial score (nSPS) is 14.9. The van der Waals surface area contributed by atoms with Crippen LogP contribution in [0.4, 0.5) is 0 Å². The minimum atomic E-state index is 0.0702. The van der Waals surface area contributed by atoms with Crippen LogP contribution in [0.15, 0.2) is 28.5 Å². The fourth-order valence-electron chi connectivity index (χ4n) is 1.54. The number of ketones is 2. The van der Waals surface area contributed by atoms with E-state index in [4.69, 9.17) is 0 Å². The second kappa shape index (κ2) is 5.46. The Kier molecular flexibility index (Phi) is 3.96. The van der Waals surface area contributed by atoms with Gasteiger partial charge in [0.05, 0.1) is 0 Å². The third-order valence-corrected chi connectivity index (χ3v) is 4.09. The Bertz CT molecular complexity index is 418. The summed E-state index contributed by atoms with van der Waals surface area (Å²) in [6.45, 7) is 0. The first-order chi connectivity index (χ1) is 7.77. The van der Waals surface area contributed by atoms with Gasteiger partial charge in [-0.3, -0.25) is 9.59 Å². The second-order valence-corrected chi connectivity index (χ2v) is 5.41. The lowest BCUT2D eigenvalue weighted by Gasteiger charge is -2.00. The Morgan fingerprint density at radius 1 is 1.25 bits per heavy atom. The number of thiophene rings is 1. The highest BCUT2D eigenvalue weighted by atomic mass is 32.2. The molecule has 1 aliphatic heterocycles. The molecule has 0 spiro atoms. The summed E-state index contributed by atoms with van der Waals surface area (Å²) in [5, 5.41) is 3.71. The van der Waals surface area contributed by atoms with E-state index in [-0.39, 0.29) is 11.6 Å². The van der Waals surface area contributed by atoms with Gasteiger partial charge in [0.1, 0.15) is 0 Å². The Morgan fingerprint density at radius 2 is 2.06 bits per heavy atom. The molecular weight excluding hydrogens is 240 g/mol. The molecule has 0 aliphatic carbocycles. The second-order valence-electron chi connectivity index (χ2n) is 3.60. The van der Waals surface area contributed by atoms with Gasteiger partial charge in [-0.1, -0.05) is 6.08 Å². The number of rotatable bonds is 5. The quantitative estimate of drug-likeness (QED) is 0.756. The highest BCUT2D eigenvalue weighted by Crippen LogP contribution is 2.19. The summed E-state index contributed by atoms with van der Waals surface area (Å²) in [6, 6.07) is 1.81. The van der Waals surface area contributed by atoms with Crippen molar-refractivity contribution in [2.45, 2.75) is 12.8 Å². The molecule has 0 saturated carbocycles.